The molecule has 0 aliphatic carbocycles. The van der Waals surface area contributed by atoms with Gasteiger partial charge in [-0.1, -0.05) is 12.1 Å². The zero-order valence-electron chi connectivity index (χ0n) is 12.3. The van der Waals surface area contributed by atoms with Gasteiger partial charge in [0.2, 0.25) is 0 Å². The van der Waals surface area contributed by atoms with Crippen molar-refractivity contribution in [3.63, 3.8) is 0 Å². The fraction of sp³-hybridized carbons (Fsp3) is 0.692. The van der Waals surface area contributed by atoms with Gasteiger partial charge in [0.1, 0.15) is 5.76 Å². The van der Waals surface area contributed by atoms with Crippen LogP contribution in [0.4, 0.5) is 0 Å². The van der Waals surface area contributed by atoms with Crippen LogP contribution in [-0.2, 0) is 5.75 Å². The average Bonchev–Trinajstić information content (AvgIpc) is 2.82. The number of aromatic nitrogens is 1. The van der Waals surface area contributed by atoms with Gasteiger partial charge in [-0.25, -0.2) is 0 Å². The lowest BCUT2D eigenvalue weighted by Gasteiger charge is -2.32. The van der Waals surface area contributed by atoms with Gasteiger partial charge in [0.05, 0.1) is 5.75 Å². The maximum absolute atomic E-state index is 11.9. The Balaban J connectivity index is 2.52. The van der Waals surface area contributed by atoms with E-state index >= 15 is 0 Å². The molecule has 0 spiro atoms. The number of nitrogens with zero attached hydrogens (tertiary/aromatic N) is 2. The van der Waals surface area contributed by atoms with Gasteiger partial charge in [0, 0.05) is 18.2 Å². The van der Waals surface area contributed by atoms with Crippen molar-refractivity contribution in [3.8, 4) is 0 Å². The minimum absolute atomic E-state index is 0.0969. The fourth-order valence-electron chi connectivity index (χ4n) is 1.24. The standard InChI is InChI=1S/C13H23N3O2S/c1-6-19-8-10-7-11(15-18-10)12(17)14-9-13(2,3)16(4)5/h7H,6,8-9H2,1-5H3,(H,14,17). The van der Waals surface area contributed by atoms with Gasteiger partial charge in [0.15, 0.2) is 5.69 Å². The minimum Gasteiger partial charge on any atom is -0.360 e. The zero-order valence-corrected chi connectivity index (χ0v) is 13.1. The molecule has 0 radical (unpaired) electrons. The summed E-state index contributed by atoms with van der Waals surface area (Å²) in [5.41, 5.74) is 0.251. The van der Waals surface area contributed by atoms with Gasteiger partial charge in [-0.2, -0.15) is 11.8 Å². The van der Waals surface area contributed by atoms with E-state index in [2.05, 4.69) is 36.1 Å². The molecule has 19 heavy (non-hydrogen) atoms. The molecule has 1 N–H and O–H groups in total. The zero-order chi connectivity index (χ0) is 14.5. The van der Waals surface area contributed by atoms with E-state index in [1.165, 1.54) is 0 Å². The number of thioether (sulfide) groups is 1. The summed E-state index contributed by atoms with van der Waals surface area (Å²) in [5.74, 6) is 2.31. The number of carbonyl (C=O) groups is 1. The molecule has 0 saturated carbocycles. The van der Waals surface area contributed by atoms with Gasteiger partial charge < -0.3 is 14.7 Å². The Bertz CT molecular complexity index is 416. The van der Waals surface area contributed by atoms with Crippen molar-refractivity contribution < 1.29 is 9.32 Å². The number of carbonyl (C=O) groups excluding carboxylic acids is 1. The third-order valence-electron chi connectivity index (χ3n) is 3.13. The monoisotopic (exact) mass is 285 g/mol. The summed E-state index contributed by atoms with van der Waals surface area (Å²) < 4.78 is 5.13. The highest BCUT2D eigenvalue weighted by Gasteiger charge is 2.22. The molecule has 0 aromatic carbocycles. The fourth-order valence-corrected chi connectivity index (χ4v) is 1.78. The van der Waals surface area contributed by atoms with Crippen LogP contribution in [0, 0.1) is 0 Å². The van der Waals surface area contributed by atoms with Crippen LogP contribution < -0.4 is 5.32 Å². The van der Waals surface area contributed by atoms with Gasteiger partial charge >= 0.3 is 0 Å². The summed E-state index contributed by atoms with van der Waals surface area (Å²) >= 11 is 1.74. The molecule has 5 nitrogen and oxygen atoms in total. The third kappa shape index (κ3) is 4.87. The Hall–Kier alpha value is -1.01. The van der Waals surface area contributed by atoms with Crippen molar-refractivity contribution in [3.05, 3.63) is 17.5 Å². The molecule has 108 valence electrons. The first-order chi connectivity index (χ1) is 8.86. The second-order valence-corrected chi connectivity index (χ2v) is 6.48. The maximum Gasteiger partial charge on any atom is 0.273 e. The number of rotatable bonds is 7. The predicted molar refractivity (Wildman–Crippen MR) is 78.4 cm³/mol. The second kappa shape index (κ2) is 6.96. The summed E-state index contributed by atoms with van der Waals surface area (Å²) in [5, 5.41) is 6.68. The summed E-state index contributed by atoms with van der Waals surface area (Å²) in [7, 11) is 3.98. The van der Waals surface area contributed by atoms with Crippen molar-refractivity contribution in [1.29, 1.82) is 0 Å². The van der Waals surface area contributed by atoms with Crippen LogP contribution in [0.5, 0.6) is 0 Å². The Morgan fingerprint density at radius 3 is 2.79 bits per heavy atom. The lowest BCUT2D eigenvalue weighted by Crippen LogP contribution is -2.48. The van der Waals surface area contributed by atoms with Crippen molar-refractivity contribution in [1.82, 2.24) is 15.4 Å². The highest BCUT2D eigenvalue weighted by atomic mass is 32.2. The lowest BCUT2D eigenvalue weighted by atomic mass is 10.0. The van der Waals surface area contributed by atoms with Crippen molar-refractivity contribution in [2.45, 2.75) is 32.1 Å². The highest BCUT2D eigenvalue weighted by molar-refractivity contribution is 7.98. The van der Waals surface area contributed by atoms with E-state index in [0.29, 0.717) is 12.2 Å². The molecule has 0 unspecified atom stereocenters. The van der Waals surface area contributed by atoms with E-state index in [-0.39, 0.29) is 11.4 Å². The SMILES string of the molecule is CCSCc1cc(C(=O)NCC(C)(C)N(C)C)no1. The molecule has 0 aliphatic heterocycles. The number of amides is 1. The minimum atomic E-state index is -0.188. The molecule has 1 amide bonds. The molecular weight excluding hydrogens is 262 g/mol. The third-order valence-corrected chi connectivity index (χ3v) is 4.03. The molecule has 1 aromatic rings. The Kier molecular flexibility index (Phi) is 5.87. The van der Waals surface area contributed by atoms with E-state index in [4.69, 9.17) is 4.52 Å². The topological polar surface area (TPSA) is 58.4 Å². The van der Waals surface area contributed by atoms with Crippen molar-refractivity contribution in [2.75, 3.05) is 26.4 Å². The Morgan fingerprint density at radius 2 is 2.21 bits per heavy atom. The van der Waals surface area contributed by atoms with Gasteiger partial charge in [-0.05, 0) is 33.7 Å². The smallest absolute Gasteiger partial charge is 0.273 e. The van der Waals surface area contributed by atoms with Crippen LogP contribution >= 0.6 is 11.8 Å². The average molecular weight is 285 g/mol. The second-order valence-electron chi connectivity index (χ2n) is 5.21. The molecule has 1 rings (SSSR count). The maximum atomic E-state index is 11.9. The molecule has 0 atom stereocenters. The summed E-state index contributed by atoms with van der Waals surface area (Å²) in [6.07, 6.45) is 0. The van der Waals surface area contributed by atoms with E-state index in [1.54, 1.807) is 17.8 Å². The first kappa shape index (κ1) is 16.0. The molecule has 6 heteroatoms. The van der Waals surface area contributed by atoms with Crippen LogP contribution in [0.25, 0.3) is 0 Å². The molecule has 0 saturated heterocycles. The molecular formula is C13H23N3O2S. The van der Waals surface area contributed by atoms with E-state index in [0.717, 1.165) is 17.3 Å². The van der Waals surface area contributed by atoms with Gasteiger partial charge in [-0.3, -0.25) is 4.79 Å². The Morgan fingerprint density at radius 1 is 1.53 bits per heavy atom. The van der Waals surface area contributed by atoms with Crippen molar-refractivity contribution in [2.24, 2.45) is 0 Å². The summed E-state index contributed by atoms with van der Waals surface area (Å²) in [6, 6.07) is 1.71. The van der Waals surface area contributed by atoms with Crippen LogP contribution in [0.3, 0.4) is 0 Å². The summed E-state index contributed by atoms with van der Waals surface area (Å²) in [6.45, 7) is 6.78. The first-order valence-electron chi connectivity index (χ1n) is 6.35. The number of likely N-dealkylation sites (N-methyl/N-ethyl adjacent to an activating group) is 1. The quantitative estimate of drug-likeness (QED) is 0.830. The molecule has 0 fully saturated rings. The van der Waals surface area contributed by atoms with E-state index in [9.17, 15) is 4.79 Å². The first-order valence-corrected chi connectivity index (χ1v) is 7.51. The molecule has 1 aromatic heterocycles. The van der Waals surface area contributed by atoms with Crippen LogP contribution in [0.15, 0.2) is 10.6 Å². The van der Waals surface area contributed by atoms with E-state index in [1.807, 2.05) is 14.1 Å². The predicted octanol–water partition coefficient (Wildman–Crippen LogP) is 2.00. The Labute approximate surface area is 119 Å². The molecule has 0 aliphatic rings. The normalized spacial score (nSPS) is 11.9. The van der Waals surface area contributed by atoms with Crippen LogP contribution in [0.2, 0.25) is 0 Å². The van der Waals surface area contributed by atoms with Crippen LogP contribution in [0.1, 0.15) is 37.0 Å². The summed E-state index contributed by atoms with van der Waals surface area (Å²) in [4.78, 5) is 14.0. The molecule has 0 bridgehead atoms. The van der Waals surface area contributed by atoms with Crippen molar-refractivity contribution >= 4 is 17.7 Å². The lowest BCUT2D eigenvalue weighted by molar-refractivity contribution is 0.0910. The number of hydrogen-bond donors (Lipinski definition) is 1. The van der Waals surface area contributed by atoms with Crippen LogP contribution in [-0.4, -0.2) is 47.9 Å². The highest BCUT2D eigenvalue weighted by Crippen LogP contribution is 2.13. The number of nitrogens with one attached hydrogen (secondary N) is 1. The largest absolute Gasteiger partial charge is 0.360 e. The van der Waals surface area contributed by atoms with E-state index < -0.39 is 0 Å². The molecule has 1 heterocycles. The number of hydrogen-bond acceptors (Lipinski definition) is 5. The van der Waals surface area contributed by atoms with Gasteiger partial charge in [0.25, 0.3) is 5.91 Å². The van der Waals surface area contributed by atoms with Gasteiger partial charge in [-0.15, -0.1) is 0 Å².